The Kier molecular flexibility index (Phi) is 4.95. The van der Waals surface area contributed by atoms with Crippen LogP contribution in [0.2, 0.25) is 0 Å². The molecular weight excluding hydrogens is 383 g/mol. The van der Waals surface area contributed by atoms with Gasteiger partial charge in [0.1, 0.15) is 22.9 Å². The van der Waals surface area contributed by atoms with E-state index in [-0.39, 0.29) is 24.8 Å². The molecule has 2 N–H and O–H groups in total. The first-order valence-electron chi connectivity index (χ1n) is 8.81. The third-order valence-corrected chi connectivity index (χ3v) is 5.27. The average molecular weight is 402 g/mol. The summed E-state index contributed by atoms with van der Waals surface area (Å²) in [6, 6.07) is 3.65. The lowest BCUT2D eigenvalue weighted by molar-refractivity contribution is -0.130. The summed E-state index contributed by atoms with van der Waals surface area (Å²) in [5, 5.41) is 4.53. The van der Waals surface area contributed by atoms with E-state index in [0.29, 0.717) is 23.5 Å². The smallest absolute Gasteiger partial charge is 0.246 e. The van der Waals surface area contributed by atoms with Crippen molar-refractivity contribution in [1.82, 2.24) is 24.2 Å². The fraction of sp³-hybridized carbons (Fsp3) is 0.333. The molecule has 0 bridgehead atoms. The van der Waals surface area contributed by atoms with Crippen molar-refractivity contribution in [2.75, 3.05) is 18.4 Å². The molecular formula is C18H19FN6O2S. The number of likely N-dealkylation sites (tertiary alicyclic amines) is 1. The van der Waals surface area contributed by atoms with Gasteiger partial charge in [-0.1, -0.05) is 6.58 Å². The molecule has 0 saturated carbocycles. The maximum Gasteiger partial charge on any atom is 0.246 e. The fourth-order valence-electron chi connectivity index (χ4n) is 3.06. The van der Waals surface area contributed by atoms with Crippen molar-refractivity contribution in [3.63, 3.8) is 0 Å². The number of hydrogen-bond donors (Lipinski definition) is 2. The lowest BCUT2D eigenvalue weighted by atomic mass is 10.1. The predicted molar refractivity (Wildman–Crippen MR) is 105 cm³/mol. The van der Waals surface area contributed by atoms with E-state index in [1.807, 2.05) is 13.0 Å². The predicted octanol–water partition coefficient (Wildman–Crippen LogP) is 2.97. The number of rotatable bonds is 5. The molecule has 146 valence electrons. The number of carbonyl (C=O) groups excluding carboxylic acids is 1. The van der Waals surface area contributed by atoms with Gasteiger partial charge >= 0.3 is 0 Å². The Morgan fingerprint density at radius 2 is 2.39 bits per heavy atom. The van der Waals surface area contributed by atoms with E-state index in [0.717, 1.165) is 10.7 Å². The van der Waals surface area contributed by atoms with Gasteiger partial charge in [-0.2, -0.15) is 14.3 Å². The van der Waals surface area contributed by atoms with E-state index in [1.54, 1.807) is 12.3 Å². The summed E-state index contributed by atoms with van der Waals surface area (Å²) >= 11 is 1.29. The van der Waals surface area contributed by atoms with E-state index in [9.17, 15) is 9.18 Å². The van der Waals surface area contributed by atoms with Gasteiger partial charge in [-0.05, 0) is 43.1 Å². The molecule has 3 aromatic rings. The minimum atomic E-state index is -1.20. The van der Waals surface area contributed by atoms with Crippen molar-refractivity contribution in [3.8, 4) is 5.88 Å². The molecule has 2 atom stereocenters. The summed E-state index contributed by atoms with van der Waals surface area (Å²) in [5.74, 6) is 0.340. The van der Waals surface area contributed by atoms with Gasteiger partial charge in [0.25, 0.3) is 0 Å². The van der Waals surface area contributed by atoms with Gasteiger partial charge in [0.05, 0.1) is 17.6 Å². The number of aromatic amines is 1. The summed E-state index contributed by atoms with van der Waals surface area (Å²) in [5.41, 5.74) is 1.46. The molecule has 0 aromatic carbocycles. The summed E-state index contributed by atoms with van der Waals surface area (Å²) in [7, 11) is 0. The molecule has 0 radical (unpaired) electrons. The summed E-state index contributed by atoms with van der Waals surface area (Å²) in [6.07, 6.45) is 1.14. The van der Waals surface area contributed by atoms with Crippen molar-refractivity contribution < 1.29 is 13.9 Å². The zero-order chi connectivity index (χ0) is 19.7. The quantitative estimate of drug-likeness (QED) is 0.637. The number of H-pyrrole nitrogens is 1. The molecule has 0 spiro atoms. The van der Waals surface area contributed by atoms with Crippen LogP contribution in [0.15, 0.2) is 31.0 Å². The van der Waals surface area contributed by atoms with Crippen LogP contribution in [-0.4, -0.2) is 55.5 Å². The Morgan fingerprint density at radius 3 is 3.14 bits per heavy atom. The molecule has 8 nitrogen and oxygen atoms in total. The number of fused-ring (bicyclic) bond motifs is 1. The number of alkyl halides is 1. The van der Waals surface area contributed by atoms with Gasteiger partial charge < -0.3 is 19.9 Å². The third kappa shape index (κ3) is 3.68. The van der Waals surface area contributed by atoms with Crippen LogP contribution in [0.3, 0.4) is 0 Å². The zero-order valence-electron chi connectivity index (χ0n) is 15.2. The highest BCUT2D eigenvalue weighted by molar-refractivity contribution is 7.10. The van der Waals surface area contributed by atoms with Crippen LogP contribution in [0.5, 0.6) is 5.88 Å². The SMILES string of the molecule is C=CC(=O)N1CC[C@@H](F)[C@@H](Oc2nc(Nc3cc(C)ns3)nc3[nH]ccc23)C1. The monoisotopic (exact) mass is 402 g/mol. The molecule has 10 heteroatoms. The maximum atomic E-state index is 14.5. The molecule has 1 amide bonds. The first-order chi connectivity index (χ1) is 13.5. The Morgan fingerprint density at radius 1 is 1.54 bits per heavy atom. The highest BCUT2D eigenvalue weighted by Crippen LogP contribution is 2.29. The topological polar surface area (TPSA) is 96.0 Å². The molecule has 28 heavy (non-hydrogen) atoms. The number of anilines is 2. The fourth-order valence-corrected chi connectivity index (χ4v) is 3.72. The summed E-state index contributed by atoms with van der Waals surface area (Å²) in [4.78, 5) is 25.3. The second kappa shape index (κ2) is 7.55. The highest BCUT2D eigenvalue weighted by Gasteiger charge is 2.33. The minimum absolute atomic E-state index is 0.138. The van der Waals surface area contributed by atoms with Gasteiger partial charge in [-0.3, -0.25) is 4.79 Å². The molecule has 1 saturated heterocycles. The van der Waals surface area contributed by atoms with Crippen molar-refractivity contribution in [3.05, 3.63) is 36.7 Å². The van der Waals surface area contributed by atoms with Gasteiger partial charge in [0.2, 0.25) is 17.7 Å². The lowest BCUT2D eigenvalue weighted by Gasteiger charge is -2.34. The number of amides is 1. The van der Waals surface area contributed by atoms with Crippen LogP contribution < -0.4 is 10.1 Å². The lowest BCUT2D eigenvalue weighted by Crippen LogP contribution is -2.49. The van der Waals surface area contributed by atoms with E-state index in [1.165, 1.54) is 22.5 Å². The van der Waals surface area contributed by atoms with Crippen LogP contribution >= 0.6 is 11.5 Å². The number of carbonyl (C=O) groups is 1. The first kappa shape index (κ1) is 18.4. The van der Waals surface area contributed by atoms with Crippen LogP contribution in [0.4, 0.5) is 15.3 Å². The maximum absolute atomic E-state index is 14.5. The molecule has 0 aliphatic carbocycles. The summed E-state index contributed by atoms with van der Waals surface area (Å²) < 4.78 is 24.6. The van der Waals surface area contributed by atoms with E-state index in [2.05, 4.69) is 31.2 Å². The van der Waals surface area contributed by atoms with Crippen LogP contribution in [0.25, 0.3) is 11.0 Å². The van der Waals surface area contributed by atoms with Gasteiger partial charge in [0.15, 0.2) is 0 Å². The molecule has 1 aliphatic rings. The van der Waals surface area contributed by atoms with Crippen LogP contribution in [-0.2, 0) is 4.79 Å². The van der Waals surface area contributed by atoms with E-state index >= 15 is 0 Å². The van der Waals surface area contributed by atoms with Gasteiger partial charge in [-0.15, -0.1) is 0 Å². The number of aromatic nitrogens is 4. The summed E-state index contributed by atoms with van der Waals surface area (Å²) in [6.45, 7) is 5.86. The third-order valence-electron chi connectivity index (χ3n) is 4.47. The molecule has 1 fully saturated rings. The zero-order valence-corrected chi connectivity index (χ0v) is 16.0. The van der Waals surface area contributed by atoms with Crippen LogP contribution in [0.1, 0.15) is 12.1 Å². The molecule has 0 unspecified atom stereocenters. The van der Waals surface area contributed by atoms with E-state index < -0.39 is 12.3 Å². The molecule has 1 aliphatic heterocycles. The Balaban J connectivity index is 1.60. The Bertz CT molecular complexity index is 1020. The largest absolute Gasteiger partial charge is 0.469 e. The Labute approximate surface area is 164 Å². The number of hydrogen-bond acceptors (Lipinski definition) is 7. The highest BCUT2D eigenvalue weighted by atomic mass is 32.1. The van der Waals surface area contributed by atoms with Crippen molar-refractivity contribution in [2.24, 2.45) is 0 Å². The minimum Gasteiger partial charge on any atom is -0.469 e. The first-order valence-corrected chi connectivity index (χ1v) is 9.58. The van der Waals surface area contributed by atoms with Gasteiger partial charge in [0, 0.05) is 12.7 Å². The number of nitrogens with zero attached hydrogens (tertiary/aromatic N) is 4. The average Bonchev–Trinajstić information content (AvgIpc) is 3.31. The second-order valence-corrected chi connectivity index (χ2v) is 7.30. The number of nitrogens with one attached hydrogen (secondary N) is 2. The standard InChI is InChI=1S/C18H19FN6O2S/c1-3-15(26)25-7-5-12(19)13(9-25)27-17-11-4-6-20-16(11)22-18(23-17)21-14-8-10(2)24-28-14/h3-4,6,8,12-13H,1,5,7,9H2,2H3,(H2,20,21,22,23)/t12-,13+/m1/s1. The van der Waals surface area contributed by atoms with Gasteiger partial charge in [-0.25, -0.2) is 4.39 Å². The number of piperidine rings is 1. The molecule has 4 rings (SSSR count). The number of aryl methyl sites for hydroxylation is 1. The van der Waals surface area contributed by atoms with Crippen molar-refractivity contribution >= 4 is 39.4 Å². The normalized spacial score (nSPS) is 19.6. The number of ether oxygens (including phenoxy) is 1. The van der Waals surface area contributed by atoms with E-state index in [4.69, 9.17) is 4.74 Å². The van der Waals surface area contributed by atoms with Crippen molar-refractivity contribution in [1.29, 1.82) is 0 Å². The second-order valence-electron chi connectivity index (χ2n) is 6.50. The molecule has 3 aromatic heterocycles. The molecule has 4 heterocycles. The van der Waals surface area contributed by atoms with Crippen molar-refractivity contribution in [2.45, 2.75) is 25.6 Å². The number of halogens is 1. The van der Waals surface area contributed by atoms with Crippen LogP contribution in [0, 0.1) is 6.92 Å². The Hall–Kier alpha value is -3.01.